The summed E-state index contributed by atoms with van der Waals surface area (Å²) in [5.74, 6) is -5.01. The molecule has 11 N–H and O–H groups in total. The van der Waals surface area contributed by atoms with Gasteiger partial charge in [-0.15, -0.1) is 0 Å². The van der Waals surface area contributed by atoms with Gasteiger partial charge in [-0.3, -0.25) is 24.0 Å². The lowest BCUT2D eigenvalue weighted by Crippen LogP contribution is -2.57. The number of nitrogens with zero attached hydrogens (tertiary/aromatic N) is 1. The van der Waals surface area contributed by atoms with E-state index >= 15 is 0 Å². The fourth-order valence-corrected chi connectivity index (χ4v) is 3.63. The molecule has 192 valence electrons. The summed E-state index contributed by atoms with van der Waals surface area (Å²) in [5.41, 5.74) is 21.5. The molecule has 1 aliphatic heterocycles. The molecule has 0 aromatic rings. The third-order valence-electron chi connectivity index (χ3n) is 5.46. The number of carbonyl (C=O) groups excluding carboxylic acids is 5. The van der Waals surface area contributed by atoms with Gasteiger partial charge in [0, 0.05) is 13.0 Å². The molecule has 0 spiro atoms. The molecule has 1 fully saturated rings. The van der Waals surface area contributed by atoms with Gasteiger partial charge in [0.1, 0.15) is 18.1 Å². The number of rotatable bonds is 15. The van der Waals surface area contributed by atoms with Crippen molar-refractivity contribution in [2.75, 3.05) is 13.1 Å². The van der Waals surface area contributed by atoms with E-state index in [0.29, 0.717) is 32.2 Å². The fourth-order valence-electron chi connectivity index (χ4n) is 3.63. The Bertz CT molecular complexity index is 776. The summed E-state index contributed by atoms with van der Waals surface area (Å²) in [5, 5.41) is 14.0. The average Bonchev–Trinajstić information content (AvgIpc) is 3.25. The van der Waals surface area contributed by atoms with Crippen LogP contribution < -0.4 is 33.6 Å². The first kappa shape index (κ1) is 28.8. The Morgan fingerprint density at radius 3 is 2.21 bits per heavy atom. The second kappa shape index (κ2) is 14.1. The predicted octanol–water partition coefficient (Wildman–Crippen LogP) is -3.37. The minimum atomic E-state index is -1.54. The molecule has 0 radical (unpaired) electrons. The summed E-state index contributed by atoms with van der Waals surface area (Å²) >= 11 is 0. The van der Waals surface area contributed by atoms with Gasteiger partial charge in [-0.25, -0.2) is 4.79 Å². The third kappa shape index (κ3) is 9.31. The van der Waals surface area contributed by atoms with Gasteiger partial charge in [0.25, 0.3) is 0 Å². The van der Waals surface area contributed by atoms with E-state index in [2.05, 4.69) is 10.6 Å². The highest BCUT2D eigenvalue weighted by Gasteiger charge is 2.39. The largest absolute Gasteiger partial charge is 0.480 e. The number of carbonyl (C=O) groups is 6. The highest BCUT2D eigenvalue weighted by Crippen LogP contribution is 2.20. The second-order valence-corrected chi connectivity index (χ2v) is 8.22. The minimum Gasteiger partial charge on any atom is -0.480 e. The Balaban J connectivity index is 2.94. The van der Waals surface area contributed by atoms with Crippen LogP contribution in [-0.2, 0) is 28.8 Å². The van der Waals surface area contributed by atoms with Gasteiger partial charge in [-0.05, 0) is 38.6 Å². The van der Waals surface area contributed by atoms with Crippen LogP contribution in [-0.4, -0.2) is 82.8 Å². The molecule has 1 saturated heterocycles. The van der Waals surface area contributed by atoms with Crippen molar-refractivity contribution in [1.29, 1.82) is 0 Å². The molecule has 0 saturated carbocycles. The van der Waals surface area contributed by atoms with Gasteiger partial charge in [0.2, 0.25) is 29.5 Å². The summed E-state index contributed by atoms with van der Waals surface area (Å²) in [7, 11) is 0. The SMILES string of the molecule is NCCCCC(N)C(=O)NC(CCC(N)=O)C(=O)N1CCCC1C(=O)NC(CC(N)=O)C(=O)O. The van der Waals surface area contributed by atoms with Crippen LogP contribution in [0.4, 0.5) is 0 Å². The van der Waals surface area contributed by atoms with Gasteiger partial charge >= 0.3 is 5.97 Å². The Hall–Kier alpha value is -3.26. The first-order chi connectivity index (χ1) is 16.0. The molecule has 4 atom stereocenters. The van der Waals surface area contributed by atoms with Crippen LogP contribution in [0, 0.1) is 0 Å². The molecule has 1 aliphatic rings. The Labute approximate surface area is 197 Å². The lowest BCUT2D eigenvalue weighted by molar-refractivity contribution is -0.146. The van der Waals surface area contributed by atoms with E-state index in [1.54, 1.807) is 0 Å². The minimum absolute atomic E-state index is 0.0975. The summed E-state index contributed by atoms with van der Waals surface area (Å²) < 4.78 is 0. The Kier molecular flexibility index (Phi) is 11.9. The van der Waals surface area contributed by atoms with E-state index in [0.717, 1.165) is 0 Å². The molecule has 5 amide bonds. The molecule has 0 aliphatic carbocycles. The lowest BCUT2D eigenvalue weighted by Gasteiger charge is -2.29. The van der Waals surface area contributed by atoms with Crippen molar-refractivity contribution in [2.24, 2.45) is 22.9 Å². The summed E-state index contributed by atoms with van der Waals surface area (Å²) in [4.78, 5) is 73.3. The van der Waals surface area contributed by atoms with Crippen molar-refractivity contribution in [3.8, 4) is 0 Å². The fraction of sp³-hybridized carbons (Fsp3) is 0.700. The van der Waals surface area contributed by atoms with Crippen LogP contribution in [0.5, 0.6) is 0 Å². The van der Waals surface area contributed by atoms with Crippen molar-refractivity contribution in [2.45, 2.75) is 75.5 Å². The average molecular weight is 486 g/mol. The zero-order valence-corrected chi connectivity index (χ0v) is 19.0. The standard InChI is InChI=1S/C20H35N7O7/c21-8-2-1-4-11(22)17(30)25-12(6-7-15(23)28)19(32)27-9-3-5-14(27)18(31)26-13(20(33)34)10-16(24)29/h11-14H,1-10,21-22H2,(H2,23,28)(H2,24,29)(H,25,30)(H,26,31)(H,33,34). The zero-order valence-electron chi connectivity index (χ0n) is 19.0. The first-order valence-electron chi connectivity index (χ1n) is 11.1. The van der Waals surface area contributed by atoms with Crippen LogP contribution in [0.25, 0.3) is 0 Å². The number of hydrogen-bond donors (Lipinski definition) is 7. The number of hydrogen-bond acceptors (Lipinski definition) is 8. The first-order valence-corrected chi connectivity index (χ1v) is 11.1. The summed E-state index contributed by atoms with van der Waals surface area (Å²) in [6, 6.07) is -4.61. The quantitative estimate of drug-likeness (QED) is 0.114. The van der Waals surface area contributed by atoms with Gasteiger partial charge < -0.3 is 43.6 Å². The summed E-state index contributed by atoms with van der Waals surface area (Å²) in [6.07, 6.45) is 1.45. The number of aliphatic carboxylic acids is 1. The van der Waals surface area contributed by atoms with Gasteiger partial charge in [0.05, 0.1) is 12.5 Å². The molecule has 0 aromatic carbocycles. The smallest absolute Gasteiger partial charge is 0.326 e. The maximum atomic E-state index is 13.2. The van der Waals surface area contributed by atoms with Crippen LogP contribution in [0.15, 0.2) is 0 Å². The molecule has 0 aromatic heterocycles. The van der Waals surface area contributed by atoms with E-state index in [1.807, 2.05) is 0 Å². The normalized spacial score (nSPS) is 17.9. The topological polar surface area (TPSA) is 254 Å². The Morgan fingerprint density at radius 2 is 1.65 bits per heavy atom. The maximum absolute atomic E-state index is 13.2. The van der Waals surface area contributed by atoms with Gasteiger partial charge in [-0.1, -0.05) is 6.42 Å². The molecular weight excluding hydrogens is 450 g/mol. The van der Waals surface area contributed by atoms with Crippen LogP contribution in [0.1, 0.15) is 51.4 Å². The molecule has 0 bridgehead atoms. The highest BCUT2D eigenvalue weighted by molar-refractivity contribution is 5.95. The number of amides is 5. The van der Waals surface area contributed by atoms with E-state index in [1.165, 1.54) is 4.90 Å². The van der Waals surface area contributed by atoms with Crippen LogP contribution in [0.3, 0.4) is 0 Å². The summed E-state index contributed by atoms with van der Waals surface area (Å²) in [6.45, 7) is 0.630. The van der Waals surface area contributed by atoms with Crippen LogP contribution >= 0.6 is 0 Å². The second-order valence-electron chi connectivity index (χ2n) is 8.22. The van der Waals surface area contributed by atoms with Crippen LogP contribution in [0.2, 0.25) is 0 Å². The van der Waals surface area contributed by atoms with Crippen molar-refractivity contribution in [3.63, 3.8) is 0 Å². The maximum Gasteiger partial charge on any atom is 0.326 e. The van der Waals surface area contributed by atoms with Gasteiger partial charge in [0.15, 0.2) is 0 Å². The monoisotopic (exact) mass is 485 g/mol. The number of nitrogens with one attached hydrogen (secondary N) is 2. The number of primary amides is 2. The van der Waals surface area contributed by atoms with E-state index in [-0.39, 0.29) is 25.8 Å². The lowest BCUT2D eigenvalue weighted by atomic mass is 10.1. The van der Waals surface area contributed by atoms with E-state index < -0.39 is 66.1 Å². The number of likely N-dealkylation sites (tertiary alicyclic amines) is 1. The van der Waals surface area contributed by atoms with Crippen molar-refractivity contribution >= 4 is 35.5 Å². The van der Waals surface area contributed by atoms with E-state index in [4.69, 9.17) is 22.9 Å². The number of unbranched alkanes of at least 4 members (excludes halogenated alkanes) is 1. The molecule has 34 heavy (non-hydrogen) atoms. The molecule has 1 heterocycles. The zero-order chi connectivity index (χ0) is 25.8. The highest BCUT2D eigenvalue weighted by atomic mass is 16.4. The van der Waals surface area contributed by atoms with Crippen molar-refractivity contribution in [3.05, 3.63) is 0 Å². The predicted molar refractivity (Wildman–Crippen MR) is 119 cm³/mol. The van der Waals surface area contributed by atoms with Crippen molar-refractivity contribution < 1.29 is 33.9 Å². The van der Waals surface area contributed by atoms with E-state index in [9.17, 15) is 33.9 Å². The van der Waals surface area contributed by atoms with Crippen molar-refractivity contribution in [1.82, 2.24) is 15.5 Å². The third-order valence-corrected chi connectivity index (χ3v) is 5.46. The molecule has 4 unspecified atom stereocenters. The number of carboxylic acid groups (broad SMARTS) is 1. The number of carboxylic acids is 1. The van der Waals surface area contributed by atoms with Gasteiger partial charge in [-0.2, -0.15) is 0 Å². The molecule has 14 nitrogen and oxygen atoms in total. The Morgan fingerprint density at radius 1 is 0.971 bits per heavy atom. The molecule has 14 heteroatoms. The number of nitrogens with two attached hydrogens (primary N) is 4. The molecular formula is C20H35N7O7. The molecule has 1 rings (SSSR count).